The van der Waals surface area contributed by atoms with E-state index in [1.165, 1.54) is 11.1 Å². The van der Waals surface area contributed by atoms with Crippen molar-refractivity contribution in [2.24, 2.45) is 0 Å². The van der Waals surface area contributed by atoms with Gasteiger partial charge in [0, 0.05) is 11.3 Å². The Morgan fingerprint density at radius 1 is 0.808 bits per heavy atom. The SMILES string of the molecule is C=C/C=C\C(=C/c1ccccc1-c1ccccc1N)Cc1ccccc1. The number of allylic oxidation sites excluding steroid dienone is 4. The van der Waals surface area contributed by atoms with Crippen molar-refractivity contribution in [1.82, 2.24) is 0 Å². The van der Waals surface area contributed by atoms with E-state index < -0.39 is 0 Å². The van der Waals surface area contributed by atoms with Crippen LogP contribution in [0.2, 0.25) is 0 Å². The second-order valence-electron chi connectivity index (χ2n) is 6.15. The van der Waals surface area contributed by atoms with Crippen LogP contribution in [-0.4, -0.2) is 0 Å². The molecule has 26 heavy (non-hydrogen) atoms. The zero-order chi connectivity index (χ0) is 18.2. The molecule has 0 aromatic heterocycles. The molecular formula is C25H23N. The molecule has 0 aliphatic heterocycles. The van der Waals surface area contributed by atoms with Gasteiger partial charge in [-0.15, -0.1) is 0 Å². The van der Waals surface area contributed by atoms with Crippen molar-refractivity contribution in [3.63, 3.8) is 0 Å². The lowest BCUT2D eigenvalue weighted by atomic mass is 9.95. The summed E-state index contributed by atoms with van der Waals surface area (Å²) in [5, 5.41) is 0. The van der Waals surface area contributed by atoms with Crippen LogP contribution in [0.3, 0.4) is 0 Å². The molecule has 0 atom stereocenters. The van der Waals surface area contributed by atoms with Gasteiger partial charge in [-0.1, -0.05) is 104 Å². The lowest BCUT2D eigenvalue weighted by molar-refractivity contribution is 1.21. The molecule has 0 fully saturated rings. The molecular weight excluding hydrogens is 314 g/mol. The summed E-state index contributed by atoms with van der Waals surface area (Å²) in [5.41, 5.74) is 12.9. The van der Waals surface area contributed by atoms with E-state index in [0.29, 0.717) is 0 Å². The van der Waals surface area contributed by atoms with Crippen molar-refractivity contribution >= 4 is 11.8 Å². The summed E-state index contributed by atoms with van der Waals surface area (Å²) < 4.78 is 0. The Balaban J connectivity index is 2.04. The Morgan fingerprint density at radius 2 is 1.46 bits per heavy atom. The van der Waals surface area contributed by atoms with E-state index in [1.807, 2.05) is 30.3 Å². The van der Waals surface area contributed by atoms with E-state index in [0.717, 1.165) is 28.8 Å². The van der Waals surface area contributed by atoms with Crippen molar-refractivity contribution in [1.29, 1.82) is 0 Å². The molecule has 0 aliphatic carbocycles. The highest BCUT2D eigenvalue weighted by atomic mass is 14.6. The summed E-state index contributed by atoms with van der Waals surface area (Å²) in [6.45, 7) is 3.79. The third-order valence-corrected chi connectivity index (χ3v) is 4.25. The number of nitrogen functional groups attached to an aromatic ring is 1. The molecule has 0 spiro atoms. The fourth-order valence-electron chi connectivity index (χ4n) is 2.99. The smallest absolute Gasteiger partial charge is 0.0393 e. The van der Waals surface area contributed by atoms with Crippen molar-refractivity contribution in [3.8, 4) is 11.1 Å². The van der Waals surface area contributed by atoms with Crippen LogP contribution in [0.4, 0.5) is 5.69 Å². The lowest BCUT2D eigenvalue weighted by Gasteiger charge is -2.11. The normalized spacial score (nSPS) is 11.6. The highest BCUT2D eigenvalue weighted by Crippen LogP contribution is 2.30. The van der Waals surface area contributed by atoms with Crippen LogP contribution in [0.25, 0.3) is 17.2 Å². The molecule has 0 aliphatic rings. The van der Waals surface area contributed by atoms with Gasteiger partial charge in [-0.05, 0) is 34.8 Å². The van der Waals surface area contributed by atoms with E-state index in [-0.39, 0.29) is 0 Å². The third-order valence-electron chi connectivity index (χ3n) is 4.25. The van der Waals surface area contributed by atoms with Gasteiger partial charge in [-0.3, -0.25) is 0 Å². The van der Waals surface area contributed by atoms with E-state index in [9.17, 15) is 0 Å². The third kappa shape index (κ3) is 4.40. The van der Waals surface area contributed by atoms with E-state index in [4.69, 9.17) is 5.73 Å². The molecule has 3 aromatic carbocycles. The largest absolute Gasteiger partial charge is 0.398 e. The van der Waals surface area contributed by atoms with Gasteiger partial charge in [0.2, 0.25) is 0 Å². The molecule has 0 unspecified atom stereocenters. The molecule has 0 saturated heterocycles. The van der Waals surface area contributed by atoms with Crippen LogP contribution >= 0.6 is 0 Å². The number of hydrogen-bond donors (Lipinski definition) is 1. The molecule has 2 N–H and O–H groups in total. The second-order valence-corrected chi connectivity index (χ2v) is 6.15. The Bertz CT molecular complexity index is 933. The van der Waals surface area contributed by atoms with Gasteiger partial charge in [-0.25, -0.2) is 0 Å². The molecule has 3 rings (SSSR count). The second kappa shape index (κ2) is 8.68. The summed E-state index contributed by atoms with van der Waals surface area (Å²) in [4.78, 5) is 0. The molecule has 0 saturated carbocycles. The van der Waals surface area contributed by atoms with Crippen LogP contribution in [0.5, 0.6) is 0 Å². The summed E-state index contributed by atoms with van der Waals surface area (Å²) in [5.74, 6) is 0. The van der Waals surface area contributed by atoms with Crippen LogP contribution in [0.15, 0.2) is 109 Å². The molecule has 3 aromatic rings. The van der Waals surface area contributed by atoms with Crippen LogP contribution in [-0.2, 0) is 6.42 Å². The average molecular weight is 337 g/mol. The Kier molecular flexibility index (Phi) is 5.84. The zero-order valence-electron chi connectivity index (χ0n) is 14.8. The average Bonchev–Trinajstić information content (AvgIpc) is 2.68. The van der Waals surface area contributed by atoms with Crippen LogP contribution in [0.1, 0.15) is 11.1 Å². The molecule has 0 bridgehead atoms. The lowest BCUT2D eigenvalue weighted by Crippen LogP contribution is -1.93. The van der Waals surface area contributed by atoms with Crippen molar-refractivity contribution in [3.05, 3.63) is 120 Å². The maximum absolute atomic E-state index is 6.21. The predicted octanol–water partition coefficient (Wildman–Crippen LogP) is 6.30. The molecule has 0 amide bonds. The van der Waals surface area contributed by atoms with Gasteiger partial charge >= 0.3 is 0 Å². The minimum atomic E-state index is 0.791. The van der Waals surface area contributed by atoms with Crippen LogP contribution in [0, 0.1) is 0 Å². The number of anilines is 1. The first-order chi connectivity index (χ1) is 12.8. The zero-order valence-corrected chi connectivity index (χ0v) is 14.8. The first kappa shape index (κ1) is 17.5. The first-order valence-electron chi connectivity index (χ1n) is 8.75. The Morgan fingerprint density at radius 3 is 2.19 bits per heavy atom. The summed E-state index contributed by atoms with van der Waals surface area (Å²) in [7, 11) is 0. The van der Waals surface area contributed by atoms with Crippen molar-refractivity contribution in [2.75, 3.05) is 5.73 Å². The highest BCUT2D eigenvalue weighted by Gasteiger charge is 2.06. The fraction of sp³-hybridized carbons (Fsp3) is 0.0400. The number of hydrogen-bond acceptors (Lipinski definition) is 1. The Labute approximate surface area is 155 Å². The molecule has 128 valence electrons. The van der Waals surface area contributed by atoms with Crippen molar-refractivity contribution < 1.29 is 0 Å². The van der Waals surface area contributed by atoms with Gasteiger partial charge in [0.1, 0.15) is 0 Å². The molecule has 1 nitrogen and oxygen atoms in total. The van der Waals surface area contributed by atoms with E-state index in [1.54, 1.807) is 6.08 Å². The topological polar surface area (TPSA) is 26.0 Å². The quantitative estimate of drug-likeness (QED) is 0.414. The van der Waals surface area contributed by atoms with Crippen LogP contribution < -0.4 is 5.73 Å². The number of nitrogens with two attached hydrogens (primary N) is 1. The van der Waals surface area contributed by atoms with Gasteiger partial charge in [0.15, 0.2) is 0 Å². The maximum Gasteiger partial charge on any atom is 0.0393 e. The predicted molar refractivity (Wildman–Crippen MR) is 114 cm³/mol. The standard InChI is InChI=1S/C25H23N/c1-2-3-11-21(18-20-12-5-4-6-13-20)19-22-14-7-8-15-23(22)24-16-9-10-17-25(24)26/h2-17,19H,1,18,26H2/b11-3-,21-19+. The number of para-hydroxylation sites is 1. The van der Waals surface area contributed by atoms with Crippen molar-refractivity contribution in [2.45, 2.75) is 6.42 Å². The summed E-state index contributed by atoms with van der Waals surface area (Å²) >= 11 is 0. The Hall–Kier alpha value is -3.32. The summed E-state index contributed by atoms with van der Waals surface area (Å²) in [6, 6.07) is 26.8. The van der Waals surface area contributed by atoms with E-state index in [2.05, 4.69) is 73.3 Å². The number of benzene rings is 3. The van der Waals surface area contributed by atoms with Gasteiger partial charge in [0.05, 0.1) is 0 Å². The minimum Gasteiger partial charge on any atom is -0.398 e. The molecule has 0 radical (unpaired) electrons. The fourth-order valence-corrected chi connectivity index (χ4v) is 2.99. The first-order valence-corrected chi connectivity index (χ1v) is 8.75. The maximum atomic E-state index is 6.21. The highest BCUT2D eigenvalue weighted by molar-refractivity contribution is 5.83. The molecule has 0 heterocycles. The van der Waals surface area contributed by atoms with Gasteiger partial charge in [-0.2, -0.15) is 0 Å². The van der Waals surface area contributed by atoms with Gasteiger partial charge < -0.3 is 5.73 Å². The summed E-state index contributed by atoms with van der Waals surface area (Å²) in [6.07, 6.45) is 9.00. The van der Waals surface area contributed by atoms with Gasteiger partial charge in [0.25, 0.3) is 0 Å². The number of rotatable bonds is 6. The minimum absolute atomic E-state index is 0.791. The monoisotopic (exact) mass is 337 g/mol. The molecule has 1 heteroatoms. The van der Waals surface area contributed by atoms with E-state index >= 15 is 0 Å².